The highest BCUT2D eigenvalue weighted by Gasteiger charge is 2.48. The summed E-state index contributed by atoms with van der Waals surface area (Å²) in [6.45, 7) is 7.02. The van der Waals surface area contributed by atoms with Gasteiger partial charge in [-0.3, -0.25) is 14.5 Å². The van der Waals surface area contributed by atoms with Crippen molar-refractivity contribution in [3.05, 3.63) is 23.8 Å². The fourth-order valence-electron chi connectivity index (χ4n) is 3.07. The van der Waals surface area contributed by atoms with Gasteiger partial charge in [0.05, 0.1) is 0 Å². The van der Waals surface area contributed by atoms with Crippen LogP contribution in [-0.4, -0.2) is 47.2 Å². The van der Waals surface area contributed by atoms with Crippen molar-refractivity contribution in [1.29, 1.82) is 0 Å². The molecule has 4 amide bonds. The highest BCUT2D eigenvalue weighted by Crippen LogP contribution is 2.34. The van der Waals surface area contributed by atoms with Gasteiger partial charge in [-0.05, 0) is 45.4 Å². The second-order valence-electron chi connectivity index (χ2n) is 7.82. The Labute approximate surface area is 151 Å². The summed E-state index contributed by atoms with van der Waals surface area (Å²) >= 11 is 0. The van der Waals surface area contributed by atoms with E-state index in [1.54, 1.807) is 19.1 Å². The summed E-state index contributed by atoms with van der Waals surface area (Å²) in [4.78, 5) is 38.1. The molecule has 0 aliphatic carbocycles. The molecule has 0 bridgehead atoms. The predicted molar refractivity (Wildman–Crippen MR) is 92.8 cm³/mol. The molecule has 0 aromatic heterocycles. The van der Waals surface area contributed by atoms with Crippen LogP contribution in [0.2, 0.25) is 0 Å². The fourth-order valence-corrected chi connectivity index (χ4v) is 3.07. The highest BCUT2D eigenvalue weighted by atomic mass is 16.7. The molecule has 0 saturated carbocycles. The first-order valence-electron chi connectivity index (χ1n) is 8.41. The SMILES string of the molecule is CC(C)(C)NC(=O)CN1C(=O)N[C@](C)(Cc2ccc3c(c2)OCO3)C1=O. The molecule has 1 saturated heterocycles. The van der Waals surface area contributed by atoms with Gasteiger partial charge in [0.15, 0.2) is 11.5 Å². The topological polar surface area (TPSA) is 97.0 Å². The van der Waals surface area contributed by atoms with E-state index in [-0.39, 0.29) is 25.7 Å². The average Bonchev–Trinajstić information content (AvgIpc) is 3.04. The molecule has 1 aromatic rings. The molecule has 2 aliphatic rings. The second kappa shape index (κ2) is 6.19. The van der Waals surface area contributed by atoms with Crippen molar-refractivity contribution in [2.75, 3.05) is 13.3 Å². The van der Waals surface area contributed by atoms with Crippen molar-refractivity contribution in [2.45, 2.75) is 45.2 Å². The van der Waals surface area contributed by atoms with Crippen molar-refractivity contribution in [1.82, 2.24) is 15.5 Å². The van der Waals surface area contributed by atoms with Crippen LogP contribution in [0.15, 0.2) is 18.2 Å². The number of urea groups is 1. The summed E-state index contributed by atoms with van der Waals surface area (Å²) in [5.41, 5.74) is -0.731. The molecule has 1 aromatic carbocycles. The van der Waals surface area contributed by atoms with E-state index in [1.807, 2.05) is 26.8 Å². The zero-order valence-corrected chi connectivity index (χ0v) is 15.3. The van der Waals surface area contributed by atoms with Gasteiger partial charge < -0.3 is 20.1 Å². The van der Waals surface area contributed by atoms with E-state index in [2.05, 4.69) is 10.6 Å². The van der Waals surface area contributed by atoms with Crippen molar-refractivity contribution in [3.8, 4) is 11.5 Å². The van der Waals surface area contributed by atoms with Crippen molar-refractivity contribution in [3.63, 3.8) is 0 Å². The van der Waals surface area contributed by atoms with E-state index in [1.165, 1.54) is 0 Å². The molecule has 0 unspecified atom stereocenters. The lowest BCUT2D eigenvalue weighted by molar-refractivity contribution is -0.135. The van der Waals surface area contributed by atoms with Gasteiger partial charge in [0.25, 0.3) is 5.91 Å². The number of amides is 4. The molecule has 8 nitrogen and oxygen atoms in total. The third-order valence-electron chi connectivity index (χ3n) is 4.16. The standard InChI is InChI=1S/C18H23N3O5/c1-17(2,3)19-14(22)9-21-15(23)18(4,20-16(21)24)8-11-5-6-12-13(7-11)26-10-25-12/h5-7H,8-10H2,1-4H3,(H,19,22)(H,20,24)/t18-/m1/s1. The second-order valence-corrected chi connectivity index (χ2v) is 7.82. The number of carbonyl (C=O) groups excluding carboxylic acids is 3. The third kappa shape index (κ3) is 3.58. The van der Waals surface area contributed by atoms with E-state index in [9.17, 15) is 14.4 Å². The zero-order chi connectivity index (χ0) is 19.1. The predicted octanol–water partition coefficient (Wildman–Crippen LogP) is 1.18. The zero-order valence-electron chi connectivity index (χ0n) is 15.3. The average molecular weight is 361 g/mol. The largest absolute Gasteiger partial charge is 0.454 e. The van der Waals surface area contributed by atoms with Gasteiger partial charge in [0.1, 0.15) is 12.1 Å². The molecular weight excluding hydrogens is 338 g/mol. The molecule has 8 heteroatoms. The van der Waals surface area contributed by atoms with E-state index < -0.39 is 23.0 Å². The third-order valence-corrected chi connectivity index (χ3v) is 4.16. The maximum atomic E-state index is 12.8. The molecule has 3 rings (SSSR count). The first kappa shape index (κ1) is 18.0. The Balaban J connectivity index is 1.71. The Morgan fingerprint density at radius 2 is 1.96 bits per heavy atom. The summed E-state index contributed by atoms with van der Waals surface area (Å²) < 4.78 is 10.6. The van der Waals surface area contributed by atoms with Crippen LogP contribution in [0, 0.1) is 0 Å². The minimum atomic E-state index is -1.12. The van der Waals surface area contributed by atoms with E-state index in [4.69, 9.17) is 9.47 Å². The summed E-state index contributed by atoms with van der Waals surface area (Å²) in [6, 6.07) is 4.83. The molecule has 0 spiro atoms. The number of nitrogens with one attached hydrogen (secondary N) is 2. The number of nitrogens with zero attached hydrogens (tertiary/aromatic N) is 1. The van der Waals surface area contributed by atoms with Gasteiger partial charge in [0, 0.05) is 12.0 Å². The minimum absolute atomic E-state index is 0.169. The molecule has 0 radical (unpaired) electrons. The Hall–Kier alpha value is -2.77. The number of rotatable bonds is 4. The summed E-state index contributed by atoms with van der Waals surface area (Å²) in [5.74, 6) is 0.461. The maximum absolute atomic E-state index is 12.8. The van der Waals surface area contributed by atoms with Crippen LogP contribution in [-0.2, 0) is 16.0 Å². The van der Waals surface area contributed by atoms with Crippen LogP contribution in [0.3, 0.4) is 0 Å². The highest BCUT2D eigenvalue weighted by molar-refractivity contribution is 6.09. The van der Waals surface area contributed by atoms with Crippen LogP contribution in [0.25, 0.3) is 0 Å². The number of benzene rings is 1. The lowest BCUT2D eigenvalue weighted by Crippen LogP contribution is -2.49. The fraction of sp³-hybridized carbons (Fsp3) is 0.500. The number of ether oxygens (including phenoxy) is 2. The van der Waals surface area contributed by atoms with Crippen molar-refractivity contribution < 1.29 is 23.9 Å². The molecular formula is C18H23N3O5. The van der Waals surface area contributed by atoms with Gasteiger partial charge in [0.2, 0.25) is 12.7 Å². The van der Waals surface area contributed by atoms with Gasteiger partial charge >= 0.3 is 6.03 Å². The van der Waals surface area contributed by atoms with Crippen molar-refractivity contribution >= 4 is 17.8 Å². The van der Waals surface area contributed by atoms with Crippen LogP contribution >= 0.6 is 0 Å². The Morgan fingerprint density at radius 3 is 2.65 bits per heavy atom. The van der Waals surface area contributed by atoms with E-state index >= 15 is 0 Å². The lowest BCUT2D eigenvalue weighted by atomic mass is 9.92. The van der Waals surface area contributed by atoms with Crippen molar-refractivity contribution in [2.24, 2.45) is 0 Å². The number of fused-ring (bicyclic) bond motifs is 1. The number of carbonyl (C=O) groups is 3. The summed E-state index contributed by atoms with van der Waals surface area (Å²) in [6.07, 6.45) is 0.283. The number of hydrogen-bond acceptors (Lipinski definition) is 5. The molecule has 2 N–H and O–H groups in total. The monoisotopic (exact) mass is 361 g/mol. The summed E-state index contributed by atoms with van der Waals surface area (Å²) in [7, 11) is 0. The molecule has 140 valence electrons. The number of hydrogen-bond donors (Lipinski definition) is 2. The minimum Gasteiger partial charge on any atom is -0.454 e. The summed E-state index contributed by atoms with van der Waals surface area (Å²) in [5, 5.41) is 5.45. The van der Waals surface area contributed by atoms with Crippen LogP contribution < -0.4 is 20.1 Å². The van der Waals surface area contributed by atoms with E-state index in [0.717, 1.165) is 10.5 Å². The molecule has 26 heavy (non-hydrogen) atoms. The first-order valence-corrected chi connectivity index (χ1v) is 8.41. The quantitative estimate of drug-likeness (QED) is 0.785. The first-order chi connectivity index (χ1) is 12.1. The Kier molecular flexibility index (Phi) is 4.29. The van der Waals surface area contributed by atoms with Gasteiger partial charge in [-0.25, -0.2) is 4.79 Å². The number of imide groups is 1. The van der Waals surface area contributed by atoms with Crippen LogP contribution in [0.1, 0.15) is 33.3 Å². The Bertz CT molecular complexity index is 771. The van der Waals surface area contributed by atoms with Gasteiger partial charge in [-0.2, -0.15) is 0 Å². The molecule has 1 fully saturated rings. The normalized spacial score (nSPS) is 21.8. The van der Waals surface area contributed by atoms with Gasteiger partial charge in [-0.1, -0.05) is 6.07 Å². The van der Waals surface area contributed by atoms with Gasteiger partial charge in [-0.15, -0.1) is 0 Å². The lowest BCUT2D eigenvalue weighted by Gasteiger charge is -2.23. The molecule has 2 heterocycles. The molecule has 2 aliphatic heterocycles. The van der Waals surface area contributed by atoms with Crippen LogP contribution in [0.4, 0.5) is 4.79 Å². The maximum Gasteiger partial charge on any atom is 0.325 e. The van der Waals surface area contributed by atoms with E-state index in [0.29, 0.717) is 11.5 Å². The Morgan fingerprint density at radius 1 is 1.27 bits per heavy atom. The smallest absolute Gasteiger partial charge is 0.325 e. The molecule has 1 atom stereocenters. The van der Waals surface area contributed by atoms with Crippen LogP contribution in [0.5, 0.6) is 11.5 Å².